The first-order chi connectivity index (χ1) is 13.0. The van der Waals surface area contributed by atoms with E-state index in [2.05, 4.69) is 15.0 Å². The van der Waals surface area contributed by atoms with E-state index in [4.69, 9.17) is 9.47 Å². The largest absolute Gasteiger partial charge is 0.499 e. The Hall–Kier alpha value is -3.05. The highest BCUT2D eigenvalue weighted by atomic mass is 19.4. The summed E-state index contributed by atoms with van der Waals surface area (Å²) in [5.41, 5.74) is 0.863. The molecule has 0 saturated heterocycles. The molecule has 7 nitrogen and oxygen atoms in total. The van der Waals surface area contributed by atoms with E-state index in [9.17, 15) is 26.7 Å². The number of hydrogen-bond donors (Lipinski definition) is 1. The van der Waals surface area contributed by atoms with Gasteiger partial charge in [0.05, 0.1) is 12.2 Å². The molecule has 0 fully saturated rings. The number of aromatic nitrogens is 2. The molecule has 1 N–H and O–H groups in total. The quantitative estimate of drug-likeness (QED) is 0.782. The lowest BCUT2D eigenvalue weighted by Crippen LogP contribution is -2.41. The van der Waals surface area contributed by atoms with Crippen LogP contribution >= 0.6 is 0 Å². The van der Waals surface area contributed by atoms with Gasteiger partial charge < -0.3 is 14.2 Å². The number of alkyl halides is 5. The average molecular weight is 407 g/mol. The maximum Gasteiger partial charge on any atom is 0.499 e. The van der Waals surface area contributed by atoms with E-state index < -0.39 is 30.2 Å². The molecule has 1 aliphatic rings. The van der Waals surface area contributed by atoms with Crippen molar-refractivity contribution in [2.24, 2.45) is 0 Å². The van der Waals surface area contributed by atoms with Crippen LogP contribution in [0.15, 0.2) is 30.5 Å². The van der Waals surface area contributed by atoms with E-state index in [-0.39, 0.29) is 12.3 Å². The molecule has 28 heavy (non-hydrogen) atoms. The maximum absolute atomic E-state index is 12.8. The van der Waals surface area contributed by atoms with E-state index in [1.54, 1.807) is 17.7 Å². The van der Waals surface area contributed by atoms with Crippen molar-refractivity contribution in [1.82, 2.24) is 9.55 Å². The van der Waals surface area contributed by atoms with Crippen molar-refractivity contribution in [3.63, 3.8) is 0 Å². The molecule has 0 spiro atoms. The van der Waals surface area contributed by atoms with E-state index >= 15 is 0 Å². The number of amides is 1. The summed E-state index contributed by atoms with van der Waals surface area (Å²) < 4.78 is 77.9. The Morgan fingerprint density at radius 3 is 2.57 bits per heavy atom. The highest BCUT2D eigenvalue weighted by Gasteiger charge is 2.61. The number of halogens is 5. The number of nitrogens with one attached hydrogen (secondary N) is 1. The molecule has 0 aliphatic carbocycles. The van der Waals surface area contributed by atoms with Gasteiger partial charge in [-0.1, -0.05) is 0 Å². The third-order valence-corrected chi connectivity index (χ3v) is 3.61. The number of imidazole rings is 1. The molecule has 0 radical (unpaired) electrons. The number of fused-ring (bicyclic) bond motifs is 1. The predicted octanol–water partition coefficient (Wildman–Crippen LogP) is 3.74. The fraction of sp³-hybridized carbons (Fsp3) is 0.375. The van der Waals surface area contributed by atoms with Crippen molar-refractivity contribution < 1.29 is 41.0 Å². The molecule has 1 aromatic heterocycles. The Morgan fingerprint density at radius 1 is 1.25 bits per heavy atom. The van der Waals surface area contributed by atoms with Gasteiger partial charge in [0, 0.05) is 11.9 Å². The summed E-state index contributed by atoms with van der Waals surface area (Å²) >= 11 is 0. The van der Waals surface area contributed by atoms with E-state index in [0.717, 1.165) is 30.0 Å². The minimum absolute atomic E-state index is 0.100. The molecule has 1 aromatic carbocycles. The Kier molecular flexibility index (Phi) is 5.04. The van der Waals surface area contributed by atoms with Gasteiger partial charge in [-0.15, -0.1) is 0 Å². The van der Waals surface area contributed by atoms with Crippen molar-refractivity contribution in [2.75, 3.05) is 11.9 Å². The minimum atomic E-state index is -5.84. The first-order valence-electron chi connectivity index (χ1n) is 7.91. The SMILES string of the molecule is Cc1cn2c(n1)OCC(OC(=O)Nc1ccc(OC(F)(F)C(F)(F)F)cc1)C2. The zero-order chi connectivity index (χ0) is 20.5. The Bertz CT molecular complexity index is 851. The number of anilines is 1. The summed E-state index contributed by atoms with van der Waals surface area (Å²) in [4.78, 5) is 16.1. The molecule has 1 atom stereocenters. The number of benzene rings is 1. The van der Waals surface area contributed by atoms with Crippen LogP contribution in [0.25, 0.3) is 0 Å². The van der Waals surface area contributed by atoms with Crippen LogP contribution in [0.4, 0.5) is 32.4 Å². The van der Waals surface area contributed by atoms with Crippen LogP contribution in [0.3, 0.4) is 0 Å². The molecule has 1 unspecified atom stereocenters. The topological polar surface area (TPSA) is 74.6 Å². The van der Waals surface area contributed by atoms with Gasteiger partial charge in [0.25, 0.3) is 6.01 Å². The normalized spacial score (nSPS) is 16.7. The number of nitrogens with zero attached hydrogens (tertiary/aromatic N) is 2. The number of hydrogen-bond acceptors (Lipinski definition) is 5. The highest BCUT2D eigenvalue weighted by Crippen LogP contribution is 2.37. The summed E-state index contributed by atoms with van der Waals surface area (Å²) in [7, 11) is 0. The molecule has 2 aromatic rings. The van der Waals surface area contributed by atoms with Gasteiger partial charge in [-0.05, 0) is 31.2 Å². The van der Waals surface area contributed by atoms with Crippen molar-refractivity contribution >= 4 is 11.8 Å². The Balaban J connectivity index is 1.54. The highest BCUT2D eigenvalue weighted by molar-refractivity contribution is 5.84. The van der Waals surface area contributed by atoms with Crippen molar-refractivity contribution in [3.05, 3.63) is 36.2 Å². The Labute approximate surface area is 155 Å². The number of carbonyl (C=O) groups excluding carboxylic acids is 1. The molecule has 1 aliphatic heterocycles. The zero-order valence-corrected chi connectivity index (χ0v) is 14.3. The second-order valence-electron chi connectivity index (χ2n) is 5.92. The van der Waals surface area contributed by atoms with Crippen LogP contribution in [0.5, 0.6) is 11.8 Å². The maximum atomic E-state index is 12.8. The molecular formula is C16H14F5N3O4. The van der Waals surface area contributed by atoms with Gasteiger partial charge in [0.1, 0.15) is 12.4 Å². The lowest BCUT2D eigenvalue weighted by molar-refractivity contribution is -0.360. The van der Waals surface area contributed by atoms with Crippen LogP contribution in [-0.2, 0) is 11.3 Å². The standard InChI is InChI=1S/C16H14F5N3O4/c1-9-6-24-7-12(8-26-13(24)22-9)27-14(25)23-10-2-4-11(5-3-10)28-16(20,21)15(17,18)19/h2-6,12H,7-8H2,1H3,(H,23,25). The first kappa shape index (κ1) is 19.7. The zero-order valence-electron chi connectivity index (χ0n) is 14.3. The molecule has 0 saturated carbocycles. The van der Waals surface area contributed by atoms with Crippen LogP contribution < -0.4 is 14.8 Å². The number of ether oxygens (including phenoxy) is 3. The second-order valence-corrected chi connectivity index (χ2v) is 5.92. The van der Waals surface area contributed by atoms with Gasteiger partial charge in [0.15, 0.2) is 6.10 Å². The number of rotatable bonds is 4. The van der Waals surface area contributed by atoms with Gasteiger partial charge in [-0.3, -0.25) is 9.88 Å². The van der Waals surface area contributed by atoms with Crippen LogP contribution in [0.1, 0.15) is 5.69 Å². The van der Waals surface area contributed by atoms with Gasteiger partial charge in [0.2, 0.25) is 0 Å². The Morgan fingerprint density at radius 2 is 1.93 bits per heavy atom. The molecule has 2 heterocycles. The van der Waals surface area contributed by atoms with Crippen LogP contribution in [0.2, 0.25) is 0 Å². The first-order valence-corrected chi connectivity index (χ1v) is 7.91. The minimum Gasteiger partial charge on any atom is -0.461 e. The summed E-state index contributed by atoms with van der Waals surface area (Å²) in [5, 5.41) is 2.33. The van der Waals surface area contributed by atoms with Crippen molar-refractivity contribution in [1.29, 1.82) is 0 Å². The average Bonchev–Trinajstić information content (AvgIpc) is 2.94. The monoisotopic (exact) mass is 407 g/mol. The molecule has 1 amide bonds. The lowest BCUT2D eigenvalue weighted by atomic mass is 10.3. The smallest absolute Gasteiger partial charge is 0.461 e. The van der Waals surface area contributed by atoms with Crippen molar-refractivity contribution in [2.45, 2.75) is 31.9 Å². The molecule has 3 rings (SSSR count). The van der Waals surface area contributed by atoms with Crippen LogP contribution in [-0.4, -0.2) is 40.6 Å². The summed E-state index contributed by atoms with van der Waals surface area (Å²) in [5.74, 6) is -0.718. The number of carbonyl (C=O) groups is 1. The van der Waals surface area contributed by atoms with Crippen molar-refractivity contribution in [3.8, 4) is 11.8 Å². The summed E-state index contributed by atoms with van der Waals surface area (Å²) in [6, 6.07) is 4.33. The summed E-state index contributed by atoms with van der Waals surface area (Å²) in [6.07, 6.45) is -10.9. The third kappa shape index (κ3) is 4.43. The van der Waals surface area contributed by atoms with Gasteiger partial charge >= 0.3 is 18.4 Å². The predicted molar refractivity (Wildman–Crippen MR) is 84.4 cm³/mol. The fourth-order valence-electron chi connectivity index (χ4n) is 2.39. The molecule has 12 heteroatoms. The molecular weight excluding hydrogens is 393 g/mol. The van der Waals surface area contributed by atoms with Gasteiger partial charge in [-0.25, -0.2) is 9.78 Å². The van der Waals surface area contributed by atoms with Gasteiger partial charge in [-0.2, -0.15) is 22.0 Å². The molecule has 0 bridgehead atoms. The molecule has 152 valence electrons. The van der Waals surface area contributed by atoms with E-state index in [1.807, 2.05) is 0 Å². The summed E-state index contributed by atoms with van der Waals surface area (Å²) in [6.45, 7) is 2.22. The van der Waals surface area contributed by atoms with E-state index in [1.165, 1.54) is 0 Å². The van der Waals surface area contributed by atoms with E-state index in [0.29, 0.717) is 12.6 Å². The third-order valence-electron chi connectivity index (χ3n) is 3.61. The fourth-order valence-corrected chi connectivity index (χ4v) is 2.39. The lowest BCUT2D eigenvalue weighted by Gasteiger charge is -2.24. The second kappa shape index (κ2) is 7.17. The number of aryl methyl sites for hydroxylation is 1. The van der Waals surface area contributed by atoms with Crippen LogP contribution in [0, 0.1) is 6.92 Å².